The first kappa shape index (κ1) is 11.1. The van der Waals surface area contributed by atoms with Crippen LogP contribution in [0, 0.1) is 5.92 Å². The Hall–Kier alpha value is 0.650. The molecule has 2 rings (SSSR count). The van der Waals surface area contributed by atoms with Gasteiger partial charge in [-0.1, -0.05) is 42.4 Å². The molecule has 3 heteroatoms. The number of alkyl halides is 1. The van der Waals surface area contributed by atoms with Crippen molar-refractivity contribution >= 4 is 22.6 Å². The van der Waals surface area contributed by atoms with Crippen LogP contribution in [0.1, 0.15) is 32.6 Å². The van der Waals surface area contributed by atoms with Crippen LogP contribution in [-0.4, -0.2) is 29.3 Å². The largest absolute Gasteiger partial charge is 0.376 e. The summed E-state index contributed by atoms with van der Waals surface area (Å²) in [5, 5.41) is 0. The summed E-state index contributed by atoms with van der Waals surface area (Å²) in [4.78, 5) is 0. The van der Waals surface area contributed by atoms with E-state index < -0.39 is 0 Å². The van der Waals surface area contributed by atoms with Crippen molar-refractivity contribution in [3.8, 4) is 0 Å². The lowest BCUT2D eigenvalue weighted by molar-refractivity contribution is -0.196. The van der Waals surface area contributed by atoms with Gasteiger partial charge >= 0.3 is 0 Å². The quantitative estimate of drug-likeness (QED) is 0.589. The average molecular weight is 310 g/mol. The molecule has 0 aromatic rings. The highest BCUT2D eigenvalue weighted by Gasteiger charge is 2.38. The first-order valence-corrected chi connectivity index (χ1v) is 7.08. The maximum Gasteiger partial charge on any atom is 0.105 e. The zero-order valence-electron chi connectivity index (χ0n) is 8.80. The van der Waals surface area contributed by atoms with Crippen LogP contribution in [0.3, 0.4) is 0 Å². The molecule has 0 amide bonds. The lowest BCUT2D eigenvalue weighted by atomic mass is 9.80. The highest BCUT2D eigenvalue weighted by atomic mass is 127. The Morgan fingerprint density at radius 3 is 2.79 bits per heavy atom. The van der Waals surface area contributed by atoms with Crippen LogP contribution in [0.2, 0.25) is 0 Å². The molecule has 82 valence electrons. The monoisotopic (exact) mass is 310 g/mol. The minimum atomic E-state index is 0.173. The molecule has 2 aliphatic rings. The summed E-state index contributed by atoms with van der Waals surface area (Å²) in [6.07, 6.45) is 5.58. The third kappa shape index (κ3) is 2.42. The second-order valence-corrected chi connectivity index (χ2v) is 5.56. The summed E-state index contributed by atoms with van der Waals surface area (Å²) in [5.74, 6) is 0.833. The predicted molar refractivity (Wildman–Crippen MR) is 64.9 cm³/mol. The van der Waals surface area contributed by atoms with Crippen LogP contribution in [-0.2, 0) is 9.47 Å². The maximum atomic E-state index is 6.20. The molecule has 1 heterocycles. The van der Waals surface area contributed by atoms with E-state index in [-0.39, 0.29) is 5.60 Å². The van der Waals surface area contributed by atoms with Gasteiger partial charge in [0.1, 0.15) is 6.10 Å². The molecular weight excluding hydrogens is 291 g/mol. The van der Waals surface area contributed by atoms with E-state index in [0.717, 1.165) is 23.6 Å². The second kappa shape index (κ2) is 4.66. The summed E-state index contributed by atoms with van der Waals surface area (Å²) in [5.41, 5.74) is 0.173. The van der Waals surface area contributed by atoms with Gasteiger partial charge < -0.3 is 9.47 Å². The molecule has 0 radical (unpaired) electrons. The minimum Gasteiger partial charge on any atom is -0.376 e. The Labute approximate surface area is 99.9 Å². The topological polar surface area (TPSA) is 18.5 Å². The lowest BCUT2D eigenvalue weighted by Gasteiger charge is -2.43. The molecule has 1 saturated heterocycles. The van der Waals surface area contributed by atoms with Gasteiger partial charge in [-0.2, -0.15) is 0 Å². The maximum absolute atomic E-state index is 6.20. The number of rotatable bonds is 3. The van der Waals surface area contributed by atoms with E-state index in [0.29, 0.717) is 6.10 Å². The first-order valence-electron chi connectivity index (χ1n) is 5.56. The van der Waals surface area contributed by atoms with Crippen molar-refractivity contribution in [2.24, 2.45) is 5.92 Å². The molecule has 0 bridgehead atoms. The van der Waals surface area contributed by atoms with E-state index in [4.69, 9.17) is 9.47 Å². The van der Waals surface area contributed by atoms with Crippen LogP contribution < -0.4 is 0 Å². The van der Waals surface area contributed by atoms with Crippen molar-refractivity contribution in [2.45, 2.75) is 44.3 Å². The summed E-state index contributed by atoms with van der Waals surface area (Å²) in [6, 6.07) is 0. The van der Waals surface area contributed by atoms with Crippen molar-refractivity contribution in [1.82, 2.24) is 0 Å². The van der Waals surface area contributed by atoms with Crippen molar-refractivity contribution < 1.29 is 9.47 Å². The van der Waals surface area contributed by atoms with E-state index in [1.807, 2.05) is 0 Å². The fourth-order valence-electron chi connectivity index (χ4n) is 2.51. The first-order chi connectivity index (χ1) is 6.74. The van der Waals surface area contributed by atoms with Crippen LogP contribution in [0.15, 0.2) is 0 Å². The molecule has 0 aromatic carbocycles. The zero-order valence-corrected chi connectivity index (χ0v) is 11.0. The van der Waals surface area contributed by atoms with Gasteiger partial charge in [-0.15, -0.1) is 0 Å². The molecule has 2 nitrogen and oxygen atoms in total. The number of ether oxygens (including phenoxy) is 2. The van der Waals surface area contributed by atoms with E-state index in [9.17, 15) is 0 Å². The number of halogens is 1. The van der Waals surface area contributed by atoms with Crippen LogP contribution in [0.5, 0.6) is 0 Å². The molecule has 0 N–H and O–H groups in total. The van der Waals surface area contributed by atoms with Gasteiger partial charge in [-0.25, -0.2) is 0 Å². The molecule has 0 aromatic heterocycles. The van der Waals surface area contributed by atoms with E-state index in [1.165, 1.54) is 25.7 Å². The fraction of sp³-hybridized carbons (Fsp3) is 1.00. The molecule has 1 saturated carbocycles. The van der Waals surface area contributed by atoms with Crippen LogP contribution in [0.25, 0.3) is 0 Å². The highest BCUT2D eigenvalue weighted by Crippen LogP contribution is 2.38. The molecule has 0 spiro atoms. The lowest BCUT2D eigenvalue weighted by Crippen LogP contribution is -2.48. The van der Waals surface area contributed by atoms with E-state index >= 15 is 0 Å². The van der Waals surface area contributed by atoms with Crippen LogP contribution in [0.4, 0.5) is 0 Å². The highest BCUT2D eigenvalue weighted by molar-refractivity contribution is 14.1. The standard InChI is InChI=1S/C11H19IO2/c1-9-3-2-4-11(5-9,8-12)14-10-6-13-7-10/h9-10H,2-8H2,1H3. The van der Waals surface area contributed by atoms with Gasteiger partial charge in [0.25, 0.3) is 0 Å². The molecule has 2 unspecified atom stereocenters. The Balaban J connectivity index is 1.92. The fourth-order valence-corrected chi connectivity index (χ4v) is 3.38. The minimum absolute atomic E-state index is 0.173. The number of hydrogen-bond acceptors (Lipinski definition) is 2. The van der Waals surface area contributed by atoms with Crippen molar-refractivity contribution in [2.75, 3.05) is 17.6 Å². The third-order valence-electron chi connectivity index (χ3n) is 3.32. The third-order valence-corrected chi connectivity index (χ3v) is 4.71. The van der Waals surface area contributed by atoms with E-state index in [1.54, 1.807) is 0 Å². The van der Waals surface area contributed by atoms with Gasteiger partial charge in [0.05, 0.1) is 18.8 Å². The second-order valence-electron chi connectivity index (χ2n) is 4.80. The summed E-state index contributed by atoms with van der Waals surface area (Å²) in [6.45, 7) is 3.97. The molecule has 2 atom stereocenters. The Morgan fingerprint density at radius 2 is 2.29 bits per heavy atom. The normalized spacial score (nSPS) is 39.4. The van der Waals surface area contributed by atoms with Crippen molar-refractivity contribution in [1.29, 1.82) is 0 Å². The van der Waals surface area contributed by atoms with Gasteiger partial charge in [0, 0.05) is 4.43 Å². The summed E-state index contributed by atoms with van der Waals surface area (Å²) < 4.78 is 12.5. The Kier molecular flexibility index (Phi) is 3.71. The molecular formula is C11H19IO2. The van der Waals surface area contributed by atoms with Crippen molar-refractivity contribution in [3.05, 3.63) is 0 Å². The van der Waals surface area contributed by atoms with Gasteiger partial charge in [0.2, 0.25) is 0 Å². The zero-order chi connectivity index (χ0) is 10.0. The summed E-state index contributed by atoms with van der Waals surface area (Å²) in [7, 11) is 0. The number of hydrogen-bond donors (Lipinski definition) is 0. The Bertz CT molecular complexity index is 194. The van der Waals surface area contributed by atoms with Gasteiger partial charge in [-0.3, -0.25) is 0 Å². The smallest absolute Gasteiger partial charge is 0.105 e. The average Bonchev–Trinajstić information content (AvgIpc) is 2.12. The predicted octanol–water partition coefficient (Wildman–Crippen LogP) is 2.79. The Morgan fingerprint density at radius 1 is 1.50 bits per heavy atom. The van der Waals surface area contributed by atoms with E-state index in [2.05, 4.69) is 29.5 Å². The van der Waals surface area contributed by atoms with Crippen molar-refractivity contribution in [3.63, 3.8) is 0 Å². The SMILES string of the molecule is CC1CCCC(CI)(OC2COC2)C1. The molecule has 1 aliphatic heterocycles. The van der Waals surface area contributed by atoms with Gasteiger partial charge in [-0.05, 0) is 18.8 Å². The molecule has 2 fully saturated rings. The summed E-state index contributed by atoms with van der Waals surface area (Å²) >= 11 is 2.48. The van der Waals surface area contributed by atoms with Gasteiger partial charge in [0.15, 0.2) is 0 Å². The van der Waals surface area contributed by atoms with Crippen LogP contribution >= 0.6 is 22.6 Å². The molecule has 14 heavy (non-hydrogen) atoms. The molecule has 1 aliphatic carbocycles.